The van der Waals surface area contributed by atoms with Crippen molar-refractivity contribution in [2.24, 2.45) is 0 Å². The maximum Gasteiger partial charge on any atom is 0.0236 e. The monoisotopic (exact) mass is 260 g/mol. The molecule has 0 unspecified atom stereocenters. The summed E-state index contributed by atoms with van der Waals surface area (Å²) in [7, 11) is 0. The van der Waals surface area contributed by atoms with E-state index < -0.39 is 0 Å². The Kier molecular flexibility index (Phi) is 6.38. The molecule has 2 nitrogen and oxygen atoms in total. The maximum absolute atomic E-state index is 3.42. The van der Waals surface area contributed by atoms with Crippen LogP contribution in [-0.2, 0) is 13.0 Å². The van der Waals surface area contributed by atoms with Crippen molar-refractivity contribution in [2.75, 3.05) is 26.2 Å². The summed E-state index contributed by atoms with van der Waals surface area (Å²) in [6, 6.07) is 8.97. The molecule has 2 rings (SSSR count). The molecular weight excluding hydrogens is 232 g/mol. The molecule has 0 spiro atoms. The van der Waals surface area contributed by atoms with E-state index in [4.69, 9.17) is 0 Å². The summed E-state index contributed by atoms with van der Waals surface area (Å²) in [6.07, 6.45) is 6.73. The molecule has 1 N–H and O–H groups in total. The van der Waals surface area contributed by atoms with Gasteiger partial charge in [0.2, 0.25) is 0 Å². The Hall–Kier alpha value is -0.860. The third kappa shape index (κ3) is 4.96. The third-order valence-electron chi connectivity index (χ3n) is 4.03. The smallest absolute Gasteiger partial charge is 0.0236 e. The molecule has 1 saturated heterocycles. The summed E-state index contributed by atoms with van der Waals surface area (Å²) < 4.78 is 0. The standard InChI is InChI=1S/C17H28N2/c1-2-18-12-11-16-9-5-6-10-17(16)15-19-13-7-3-4-8-14-19/h5-6,9-10,18H,2-4,7-8,11-15H2,1H3. The van der Waals surface area contributed by atoms with E-state index in [0.29, 0.717) is 0 Å². The Bertz CT molecular complexity index is 354. The van der Waals surface area contributed by atoms with E-state index >= 15 is 0 Å². The summed E-state index contributed by atoms with van der Waals surface area (Å²) in [4.78, 5) is 2.64. The van der Waals surface area contributed by atoms with E-state index in [1.54, 1.807) is 0 Å². The van der Waals surface area contributed by atoms with Crippen LogP contribution in [0.2, 0.25) is 0 Å². The van der Waals surface area contributed by atoms with Crippen LogP contribution in [0.25, 0.3) is 0 Å². The van der Waals surface area contributed by atoms with E-state index in [9.17, 15) is 0 Å². The van der Waals surface area contributed by atoms with Crippen LogP contribution < -0.4 is 5.32 Å². The Morgan fingerprint density at radius 1 is 1.00 bits per heavy atom. The van der Waals surface area contributed by atoms with Crippen LogP contribution in [0.1, 0.15) is 43.7 Å². The average Bonchev–Trinajstić information content (AvgIpc) is 2.70. The van der Waals surface area contributed by atoms with Gasteiger partial charge in [0.25, 0.3) is 0 Å². The highest BCUT2D eigenvalue weighted by molar-refractivity contribution is 5.27. The largest absolute Gasteiger partial charge is 0.317 e. The molecule has 0 aliphatic carbocycles. The van der Waals surface area contributed by atoms with Gasteiger partial charge >= 0.3 is 0 Å². The molecule has 106 valence electrons. The average molecular weight is 260 g/mol. The lowest BCUT2D eigenvalue weighted by molar-refractivity contribution is 0.276. The summed E-state index contributed by atoms with van der Waals surface area (Å²) in [5.74, 6) is 0. The first-order valence-corrected chi connectivity index (χ1v) is 7.90. The fourth-order valence-corrected chi connectivity index (χ4v) is 2.89. The number of hydrogen-bond donors (Lipinski definition) is 1. The maximum atomic E-state index is 3.42. The van der Waals surface area contributed by atoms with Gasteiger partial charge in [0.1, 0.15) is 0 Å². The van der Waals surface area contributed by atoms with Crippen molar-refractivity contribution < 1.29 is 0 Å². The van der Waals surface area contributed by atoms with Crippen LogP contribution in [0.5, 0.6) is 0 Å². The molecule has 19 heavy (non-hydrogen) atoms. The minimum atomic E-state index is 1.06. The van der Waals surface area contributed by atoms with Crippen LogP contribution >= 0.6 is 0 Å². The van der Waals surface area contributed by atoms with Crippen LogP contribution in [0.3, 0.4) is 0 Å². The Morgan fingerprint density at radius 3 is 2.37 bits per heavy atom. The molecule has 1 aliphatic rings. The van der Waals surface area contributed by atoms with E-state index in [1.165, 1.54) is 49.9 Å². The van der Waals surface area contributed by atoms with Crippen LogP contribution in [-0.4, -0.2) is 31.1 Å². The van der Waals surface area contributed by atoms with E-state index in [-0.39, 0.29) is 0 Å². The fraction of sp³-hybridized carbons (Fsp3) is 0.647. The molecule has 1 aromatic carbocycles. The van der Waals surface area contributed by atoms with Crippen LogP contribution in [0.15, 0.2) is 24.3 Å². The molecular formula is C17H28N2. The van der Waals surface area contributed by atoms with E-state index in [1.807, 2.05) is 0 Å². The first-order chi connectivity index (χ1) is 9.40. The zero-order valence-electron chi connectivity index (χ0n) is 12.3. The number of likely N-dealkylation sites (N-methyl/N-ethyl adjacent to an activating group) is 1. The predicted octanol–water partition coefficient (Wildman–Crippen LogP) is 3.21. The highest BCUT2D eigenvalue weighted by atomic mass is 15.1. The Balaban J connectivity index is 1.93. The van der Waals surface area contributed by atoms with E-state index in [2.05, 4.69) is 41.4 Å². The van der Waals surface area contributed by atoms with Gasteiger partial charge in [-0.05, 0) is 56.6 Å². The Labute approximate surface area is 118 Å². The summed E-state index contributed by atoms with van der Waals surface area (Å²) in [6.45, 7) is 8.02. The Morgan fingerprint density at radius 2 is 1.68 bits per heavy atom. The zero-order chi connectivity index (χ0) is 13.3. The molecule has 1 heterocycles. The molecule has 0 amide bonds. The van der Waals surface area contributed by atoms with E-state index in [0.717, 1.165) is 26.1 Å². The second-order valence-corrected chi connectivity index (χ2v) is 5.56. The lowest BCUT2D eigenvalue weighted by atomic mass is 10.0. The summed E-state index contributed by atoms with van der Waals surface area (Å²) in [5, 5.41) is 3.42. The van der Waals surface area contributed by atoms with Gasteiger partial charge in [0.15, 0.2) is 0 Å². The van der Waals surface area contributed by atoms with Crippen molar-refractivity contribution >= 4 is 0 Å². The molecule has 0 aromatic heterocycles. The second kappa shape index (κ2) is 8.34. The van der Waals surface area contributed by atoms with Gasteiger partial charge in [0.05, 0.1) is 0 Å². The topological polar surface area (TPSA) is 15.3 Å². The molecule has 0 saturated carbocycles. The van der Waals surface area contributed by atoms with Crippen molar-refractivity contribution in [3.8, 4) is 0 Å². The van der Waals surface area contributed by atoms with Crippen LogP contribution in [0, 0.1) is 0 Å². The minimum absolute atomic E-state index is 1.06. The molecule has 1 aromatic rings. The highest BCUT2D eigenvalue weighted by Crippen LogP contribution is 2.16. The molecule has 0 atom stereocenters. The molecule has 1 aliphatic heterocycles. The fourth-order valence-electron chi connectivity index (χ4n) is 2.89. The van der Waals surface area contributed by atoms with Crippen molar-refractivity contribution in [2.45, 2.75) is 45.6 Å². The normalized spacial score (nSPS) is 17.3. The quantitative estimate of drug-likeness (QED) is 0.790. The second-order valence-electron chi connectivity index (χ2n) is 5.56. The number of nitrogens with zero attached hydrogens (tertiary/aromatic N) is 1. The van der Waals surface area contributed by atoms with Crippen LogP contribution in [0.4, 0.5) is 0 Å². The summed E-state index contributed by atoms with van der Waals surface area (Å²) >= 11 is 0. The minimum Gasteiger partial charge on any atom is -0.317 e. The van der Waals surface area contributed by atoms with Gasteiger partial charge in [-0.15, -0.1) is 0 Å². The number of likely N-dealkylation sites (tertiary alicyclic amines) is 1. The number of benzene rings is 1. The lowest BCUT2D eigenvalue weighted by Gasteiger charge is -2.21. The number of hydrogen-bond acceptors (Lipinski definition) is 2. The van der Waals surface area contributed by atoms with Gasteiger partial charge in [-0.2, -0.15) is 0 Å². The van der Waals surface area contributed by atoms with Crippen molar-refractivity contribution in [3.63, 3.8) is 0 Å². The molecule has 2 heteroatoms. The van der Waals surface area contributed by atoms with Crippen molar-refractivity contribution in [3.05, 3.63) is 35.4 Å². The summed E-state index contributed by atoms with van der Waals surface area (Å²) in [5.41, 5.74) is 3.05. The zero-order valence-corrected chi connectivity index (χ0v) is 12.3. The molecule has 1 fully saturated rings. The van der Waals surface area contributed by atoms with Gasteiger partial charge in [-0.3, -0.25) is 4.90 Å². The van der Waals surface area contributed by atoms with Gasteiger partial charge in [0, 0.05) is 6.54 Å². The molecule has 0 bridgehead atoms. The SMILES string of the molecule is CCNCCc1ccccc1CN1CCCCCC1. The number of rotatable bonds is 6. The lowest BCUT2D eigenvalue weighted by Crippen LogP contribution is -2.25. The van der Waals surface area contributed by atoms with Gasteiger partial charge in [-0.25, -0.2) is 0 Å². The highest BCUT2D eigenvalue weighted by Gasteiger charge is 2.11. The first-order valence-electron chi connectivity index (χ1n) is 7.90. The van der Waals surface area contributed by atoms with Gasteiger partial charge < -0.3 is 5.32 Å². The third-order valence-corrected chi connectivity index (χ3v) is 4.03. The molecule has 0 radical (unpaired) electrons. The van der Waals surface area contributed by atoms with Crippen molar-refractivity contribution in [1.29, 1.82) is 0 Å². The first kappa shape index (κ1) is 14.5. The number of nitrogens with one attached hydrogen (secondary N) is 1. The predicted molar refractivity (Wildman–Crippen MR) is 82.4 cm³/mol. The van der Waals surface area contributed by atoms with Gasteiger partial charge in [-0.1, -0.05) is 44.0 Å². The van der Waals surface area contributed by atoms with Crippen molar-refractivity contribution in [1.82, 2.24) is 10.2 Å².